The van der Waals surface area contributed by atoms with Crippen LogP contribution in [-0.2, 0) is 0 Å². The van der Waals surface area contributed by atoms with Gasteiger partial charge in [0.25, 0.3) is 0 Å². The maximum Gasteiger partial charge on any atom is 0.306 e. The van der Waals surface area contributed by atoms with Crippen molar-refractivity contribution in [2.24, 2.45) is 0 Å². The van der Waals surface area contributed by atoms with Crippen molar-refractivity contribution in [2.45, 2.75) is 31.4 Å². The van der Waals surface area contributed by atoms with E-state index >= 15 is 0 Å². The Morgan fingerprint density at radius 2 is 1.91 bits per heavy atom. The van der Waals surface area contributed by atoms with Gasteiger partial charge in [-0.15, -0.1) is 0 Å². The summed E-state index contributed by atoms with van der Waals surface area (Å²) in [5.41, 5.74) is 0. The third kappa shape index (κ3) is 3.58. The van der Waals surface area contributed by atoms with Crippen LogP contribution in [-0.4, -0.2) is 18.8 Å². The molecule has 0 aliphatic rings. The second-order valence-electron chi connectivity index (χ2n) is 2.36. The summed E-state index contributed by atoms with van der Waals surface area (Å²) in [6, 6.07) is 0. The highest BCUT2D eigenvalue weighted by molar-refractivity contribution is 4.75. The lowest BCUT2D eigenvalue weighted by Crippen LogP contribution is -2.32. The van der Waals surface area contributed by atoms with Gasteiger partial charge in [0.05, 0.1) is 0 Å². The molecule has 0 heterocycles. The molecule has 0 aliphatic heterocycles. The molecule has 0 unspecified atom stereocenters. The smallest absolute Gasteiger partial charge is 0.244 e. The van der Waals surface area contributed by atoms with E-state index < -0.39 is 18.8 Å². The molecule has 0 N–H and O–H groups in total. The van der Waals surface area contributed by atoms with Crippen molar-refractivity contribution in [1.29, 1.82) is 0 Å². The minimum Gasteiger partial charge on any atom is -0.244 e. The second kappa shape index (κ2) is 4.57. The SMILES string of the molecule is [CH2]CCC[C@H](F)C(F)(F)CF. The lowest BCUT2D eigenvalue weighted by atomic mass is 10.1. The molecule has 1 radical (unpaired) electrons. The zero-order valence-corrected chi connectivity index (χ0v) is 6.12. The lowest BCUT2D eigenvalue weighted by Gasteiger charge is -2.16. The third-order valence-electron chi connectivity index (χ3n) is 1.34. The molecule has 11 heavy (non-hydrogen) atoms. The number of halogens is 4. The van der Waals surface area contributed by atoms with E-state index in [0.717, 1.165) is 0 Å². The monoisotopic (exact) mass is 171 g/mol. The highest BCUT2D eigenvalue weighted by Crippen LogP contribution is 2.25. The van der Waals surface area contributed by atoms with E-state index in [-0.39, 0.29) is 12.8 Å². The van der Waals surface area contributed by atoms with E-state index in [1.165, 1.54) is 0 Å². The predicted molar refractivity (Wildman–Crippen MR) is 35.0 cm³/mol. The van der Waals surface area contributed by atoms with Crippen LogP contribution in [0.5, 0.6) is 0 Å². The summed E-state index contributed by atoms with van der Waals surface area (Å²) in [6.07, 6.45) is -2.03. The number of alkyl halides is 4. The Bertz CT molecular complexity index is 103. The standard InChI is InChI=1S/C7H11F4/c1-2-3-4-6(9)7(10,11)5-8/h6H,1-5H2/t6-/m0/s1. The van der Waals surface area contributed by atoms with Crippen LogP contribution >= 0.6 is 0 Å². The van der Waals surface area contributed by atoms with Crippen LogP contribution in [0.2, 0.25) is 0 Å². The Morgan fingerprint density at radius 3 is 2.27 bits per heavy atom. The summed E-state index contributed by atoms with van der Waals surface area (Å²) in [6.45, 7) is 1.43. The highest BCUT2D eigenvalue weighted by Gasteiger charge is 2.39. The van der Waals surface area contributed by atoms with Crippen molar-refractivity contribution in [2.75, 3.05) is 6.67 Å². The molecule has 0 bridgehead atoms. The molecule has 0 saturated carbocycles. The molecule has 0 spiro atoms. The van der Waals surface area contributed by atoms with Crippen molar-refractivity contribution < 1.29 is 17.6 Å². The second-order valence-corrected chi connectivity index (χ2v) is 2.36. The molecule has 0 rings (SSSR count). The molecule has 0 amide bonds. The topological polar surface area (TPSA) is 0 Å². The van der Waals surface area contributed by atoms with Crippen molar-refractivity contribution >= 4 is 0 Å². The van der Waals surface area contributed by atoms with Gasteiger partial charge in [0.2, 0.25) is 0 Å². The average Bonchev–Trinajstić information content (AvgIpc) is 2.00. The highest BCUT2D eigenvalue weighted by atomic mass is 19.3. The molecule has 1 atom stereocenters. The maximum atomic E-state index is 12.4. The van der Waals surface area contributed by atoms with Crippen LogP contribution in [0, 0.1) is 6.92 Å². The first-order valence-corrected chi connectivity index (χ1v) is 3.41. The van der Waals surface area contributed by atoms with Crippen molar-refractivity contribution in [3.05, 3.63) is 6.92 Å². The van der Waals surface area contributed by atoms with Gasteiger partial charge in [-0.05, 0) is 6.42 Å². The summed E-state index contributed by atoms with van der Waals surface area (Å²) < 4.78 is 48.0. The van der Waals surface area contributed by atoms with E-state index in [1.54, 1.807) is 0 Å². The van der Waals surface area contributed by atoms with E-state index in [9.17, 15) is 17.6 Å². The average molecular weight is 171 g/mol. The molecule has 0 nitrogen and oxygen atoms in total. The van der Waals surface area contributed by atoms with Crippen LogP contribution in [0.15, 0.2) is 0 Å². The van der Waals surface area contributed by atoms with Gasteiger partial charge in [-0.3, -0.25) is 0 Å². The molecule has 4 heteroatoms. The van der Waals surface area contributed by atoms with Crippen LogP contribution in [0.4, 0.5) is 17.6 Å². The minimum atomic E-state index is -3.81. The molecule has 0 saturated heterocycles. The van der Waals surface area contributed by atoms with Gasteiger partial charge in [-0.1, -0.05) is 19.8 Å². The molecule has 0 fully saturated rings. The summed E-state index contributed by atoms with van der Waals surface area (Å²) in [4.78, 5) is 0. The molecular formula is C7H11F4. The van der Waals surface area contributed by atoms with Crippen LogP contribution in [0.3, 0.4) is 0 Å². The molecule has 0 aromatic rings. The van der Waals surface area contributed by atoms with Gasteiger partial charge >= 0.3 is 5.92 Å². The van der Waals surface area contributed by atoms with Gasteiger partial charge < -0.3 is 0 Å². The first-order valence-electron chi connectivity index (χ1n) is 3.41. The normalized spacial score (nSPS) is 15.0. The Labute approximate surface area is 63.6 Å². The van der Waals surface area contributed by atoms with Gasteiger partial charge in [0.15, 0.2) is 12.8 Å². The first-order chi connectivity index (χ1) is 5.04. The third-order valence-corrected chi connectivity index (χ3v) is 1.34. The molecular weight excluding hydrogens is 160 g/mol. The Balaban J connectivity index is 3.71. The summed E-state index contributed by atoms with van der Waals surface area (Å²) in [7, 11) is 0. The van der Waals surface area contributed by atoms with Gasteiger partial charge in [-0.25, -0.2) is 17.6 Å². The van der Waals surface area contributed by atoms with E-state index in [2.05, 4.69) is 6.92 Å². The Morgan fingerprint density at radius 1 is 1.36 bits per heavy atom. The van der Waals surface area contributed by atoms with Crippen LogP contribution in [0.1, 0.15) is 19.3 Å². The fraction of sp³-hybridized carbons (Fsp3) is 0.857. The van der Waals surface area contributed by atoms with Crippen molar-refractivity contribution in [3.63, 3.8) is 0 Å². The fourth-order valence-corrected chi connectivity index (χ4v) is 0.618. The zero-order valence-electron chi connectivity index (χ0n) is 6.12. The van der Waals surface area contributed by atoms with Crippen molar-refractivity contribution in [3.8, 4) is 0 Å². The summed E-state index contributed by atoms with van der Waals surface area (Å²) in [5.74, 6) is -3.81. The number of unbranched alkanes of at least 4 members (excludes halogenated alkanes) is 1. The van der Waals surface area contributed by atoms with Crippen LogP contribution in [0.25, 0.3) is 0 Å². The Kier molecular flexibility index (Phi) is 4.45. The van der Waals surface area contributed by atoms with E-state index in [1.807, 2.05) is 0 Å². The van der Waals surface area contributed by atoms with E-state index in [0.29, 0.717) is 6.42 Å². The Hall–Kier alpha value is -0.280. The molecule has 0 aliphatic carbocycles. The first kappa shape index (κ1) is 10.7. The number of hydrogen-bond acceptors (Lipinski definition) is 0. The van der Waals surface area contributed by atoms with Gasteiger partial charge in [0.1, 0.15) is 0 Å². The quantitative estimate of drug-likeness (QED) is 0.558. The number of rotatable bonds is 5. The fourth-order valence-electron chi connectivity index (χ4n) is 0.618. The van der Waals surface area contributed by atoms with E-state index in [4.69, 9.17) is 0 Å². The summed E-state index contributed by atoms with van der Waals surface area (Å²) >= 11 is 0. The largest absolute Gasteiger partial charge is 0.306 e. The summed E-state index contributed by atoms with van der Waals surface area (Å²) in [5, 5.41) is 0. The zero-order chi connectivity index (χ0) is 8.91. The van der Waals surface area contributed by atoms with Crippen LogP contribution < -0.4 is 0 Å². The maximum absolute atomic E-state index is 12.4. The predicted octanol–water partition coefficient (Wildman–Crippen LogP) is 2.93. The lowest BCUT2D eigenvalue weighted by molar-refractivity contribution is -0.0905. The molecule has 0 aromatic carbocycles. The molecule has 67 valence electrons. The van der Waals surface area contributed by atoms with Gasteiger partial charge in [-0.2, -0.15) is 0 Å². The molecule has 0 aromatic heterocycles. The van der Waals surface area contributed by atoms with Crippen molar-refractivity contribution in [1.82, 2.24) is 0 Å². The minimum absolute atomic E-state index is 0.261. The number of hydrogen-bond donors (Lipinski definition) is 0. The van der Waals surface area contributed by atoms with Gasteiger partial charge in [0, 0.05) is 0 Å².